The van der Waals surface area contributed by atoms with Gasteiger partial charge < -0.3 is 5.32 Å². The van der Waals surface area contributed by atoms with Crippen molar-refractivity contribution in [1.82, 2.24) is 10.3 Å². The highest BCUT2D eigenvalue weighted by molar-refractivity contribution is 7.98. The molecule has 1 unspecified atom stereocenters. The van der Waals surface area contributed by atoms with Crippen LogP contribution in [0.15, 0.2) is 24.5 Å². The highest BCUT2D eigenvalue weighted by Gasteiger charge is 2.03. The molecular formula is C12H20N2S. The van der Waals surface area contributed by atoms with E-state index >= 15 is 0 Å². The molecule has 1 heterocycles. The fourth-order valence-electron chi connectivity index (χ4n) is 1.49. The van der Waals surface area contributed by atoms with Gasteiger partial charge in [-0.15, -0.1) is 0 Å². The van der Waals surface area contributed by atoms with Crippen LogP contribution in [-0.2, 0) is 6.42 Å². The number of nitrogens with zero attached hydrogens (tertiary/aromatic N) is 1. The van der Waals surface area contributed by atoms with Crippen LogP contribution in [0.3, 0.4) is 0 Å². The molecule has 0 aromatic carbocycles. The first-order valence-corrected chi connectivity index (χ1v) is 6.87. The lowest BCUT2D eigenvalue weighted by molar-refractivity contribution is 0.544. The van der Waals surface area contributed by atoms with Crippen LogP contribution < -0.4 is 5.32 Å². The predicted octanol–water partition coefficient (Wildman–Crippen LogP) is 2.36. The van der Waals surface area contributed by atoms with E-state index in [1.807, 2.05) is 24.2 Å². The predicted molar refractivity (Wildman–Crippen MR) is 68.4 cm³/mol. The van der Waals surface area contributed by atoms with E-state index < -0.39 is 0 Å². The van der Waals surface area contributed by atoms with Gasteiger partial charge in [-0.1, -0.05) is 6.92 Å². The molecule has 1 aromatic rings. The first-order chi connectivity index (χ1) is 7.36. The maximum absolute atomic E-state index is 4.01. The van der Waals surface area contributed by atoms with Gasteiger partial charge in [0.2, 0.25) is 0 Å². The van der Waals surface area contributed by atoms with E-state index in [1.54, 1.807) is 0 Å². The minimum absolute atomic E-state index is 0.654. The number of pyridine rings is 1. The summed E-state index contributed by atoms with van der Waals surface area (Å²) in [5.74, 6) is 1.20. The van der Waals surface area contributed by atoms with Gasteiger partial charge in [-0.2, -0.15) is 11.8 Å². The molecule has 15 heavy (non-hydrogen) atoms. The van der Waals surface area contributed by atoms with Crippen LogP contribution in [0.5, 0.6) is 0 Å². The summed E-state index contributed by atoms with van der Waals surface area (Å²) in [5, 5.41) is 3.58. The van der Waals surface area contributed by atoms with Crippen molar-refractivity contribution in [2.75, 3.05) is 18.6 Å². The van der Waals surface area contributed by atoms with Crippen molar-refractivity contribution in [3.05, 3.63) is 30.1 Å². The van der Waals surface area contributed by atoms with E-state index in [4.69, 9.17) is 0 Å². The molecule has 1 atom stereocenters. The fourth-order valence-corrected chi connectivity index (χ4v) is 2.25. The molecular weight excluding hydrogens is 204 g/mol. The van der Waals surface area contributed by atoms with Gasteiger partial charge in [0.05, 0.1) is 0 Å². The Labute approximate surface area is 96.9 Å². The monoisotopic (exact) mass is 224 g/mol. The smallest absolute Gasteiger partial charge is 0.0270 e. The third-order valence-electron chi connectivity index (χ3n) is 2.46. The lowest BCUT2D eigenvalue weighted by Gasteiger charge is -2.15. The molecule has 0 spiro atoms. The molecule has 0 saturated carbocycles. The van der Waals surface area contributed by atoms with Gasteiger partial charge in [-0.05, 0) is 43.3 Å². The second-order valence-electron chi connectivity index (χ2n) is 3.62. The molecule has 0 saturated heterocycles. The van der Waals surface area contributed by atoms with Crippen molar-refractivity contribution in [3.63, 3.8) is 0 Å². The van der Waals surface area contributed by atoms with Crippen LogP contribution in [-0.4, -0.2) is 29.6 Å². The molecule has 1 N–H and O–H groups in total. The normalized spacial score (nSPS) is 12.7. The van der Waals surface area contributed by atoms with Gasteiger partial charge in [-0.25, -0.2) is 0 Å². The van der Waals surface area contributed by atoms with Crippen molar-refractivity contribution in [1.29, 1.82) is 0 Å². The van der Waals surface area contributed by atoms with E-state index in [2.05, 4.69) is 35.6 Å². The second kappa shape index (κ2) is 7.71. The lowest BCUT2D eigenvalue weighted by atomic mass is 10.2. The Hall–Kier alpha value is -0.540. The van der Waals surface area contributed by atoms with E-state index in [9.17, 15) is 0 Å². The van der Waals surface area contributed by atoms with Crippen molar-refractivity contribution in [2.24, 2.45) is 0 Å². The zero-order valence-electron chi connectivity index (χ0n) is 9.57. The lowest BCUT2D eigenvalue weighted by Crippen LogP contribution is -2.32. The zero-order chi connectivity index (χ0) is 10.9. The van der Waals surface area contributed by atoms with Crippen molar-refractivity contribution in [3.8, 4) is 0 Å². The summed E-state index contributed by atoms with van der Waals surface area (Å²) in [6.07, 6.45) is 8.17. The third-order valence-corrected chi connectivity index (χ3v) is 3.19. The van der Waals surface area contributed by atoms with Crippen molar-refractivity contribution >= 4 is 11.8 Å². The molecule has 2 nitrogen and oxygen atoms in total. The molecule has 1 aromatic heterocycles. The molecule has 0 aliphatic carbocycles. The van der Waals surface area contributed by atoms with Crippen LogP contribution >= 0.6 is 11.8 Å². The summed E-state index contributed by atoms with van der Waals surface area (Å²) in [7, 11) is 0. The van der Waals surface area contributed by atoms with Crippen LogP contribution in [0.1, 0.15) is 18.9 Å². The number of aromatic nitrogens is 1. The zero-order valence-corrected chi connectivity index (χ0v) is 10.4. The summed E-state index contributed by atoms with van der Waals surface area (Å²) in [6, 6.07) is 4.82. The van der Waals surface area contributed by atoms with Gasteiger partial charge in [0.25, 0.3) is 0 Å². The Morgan fingerprint density at radius 3 is 2.73 bits per heavy atom. The van der Waals surface area contributed by atoms with E-state index in [1.165, 1.54) is 17.7 Å². The standard InChI is InChI=1S/C12H20N2S/c1-3-12(10-15-2)14-9-6-11-4-7-13-8-5-11/h4-5,7-8,12,14H,3,6,9-10H2,1-2H3. The molecule has 0 aliphatic heterocycles. The summed E-state index contributed by atoms with van der Waals surface area (Å²) in [6.45, 7) is 3.30. The van der Waals surface area contributed by atoms with E-state index in [0.717, 1.165) is 13.0 Å². The minimum atomic E-state index is 0.654. The average Bonchev–Trinajstić information content (AvgIpc) is 2.29. The highest BCUT2D eigenvalue weighted by Crippen LogP contribution is 2.02. The fraction of sp³-hybridized carbons (Fsp3) is 0.583. The Morgan fingerprint density at radius 2 is 2.13 bits per heavy atom. The Balaban J connectivity index is 2.20. The molecule has 84 valence electrons. The molecule has 0 radical (unpaired) electrons. The highest BCUT2D eigenvalue weighted by atomic mass is 32.2. The second-order valence-corrected chi connectivity index (χ2v) is 4.53. The molecule has 1 rings (SSSR count). The summed E-state index contributed by atoms with van der Waals surface area (Å²) >= 11 is 1.91. The quantitative estimate of drug-likeness (QED) is 0.769. The van der Waals surface area contributed by atoms with Gasteiger partial charge in [-0.3, -0.25) is 4.98 Å². The molecule has 0 bridgehead atoms. The molecule has 0 aliphatic rings. The Bertz CT molecular complexity index is 251. The Morgan fingerprint density at radius 1 is 1.40 bits per heavy atom. The molecule has 3 heteroatoms. The van der Waals surface area contributed by atoms with E-state index in [0.29, 0.717) is 6.04 Å². The summed E-state index contributed by atoms with van der Waals surface area (Å²) in [4.78, 5) is 4.01. The number of thioether (sulfide) groups is 1. The van der Waals surface area contributed by atoms with Gasteiger partial charge in [0.1, 0.15) is 0 Å². The number of hydrogen-bond donors (Lipinski definition) is 1. The topological polar surface area (TPSA) is 24.9 Å². The number of hydrogen-bond acceptors (Lipinski definition) is 3. The molecule has 0 amide bonds. The first-order valence-electron chi connectivity index (χ1n) is 5.48. The number of nitrogens with one attached hydrogen (secondary N) is 1. The van der Waals surface area contributed by atoms with Crippen LogP contribution in [0.2, 0.25) is 0 Å². The Kier molecular flexibility index (Phi) is 6.44. The van der Waals surface area contributed by atoms with Crippen LogP contribution in [0.25, 0.3) is 0 Å². The SMILES string of the molecule is CCC(CSC)NCCc1ccncc1. The van der Waals surface area contributed by atoms with E-state index in [-0.39, 0.29) is 0 Å². The summed E-state index contributed by atoms with van der Waals surface area (Å²) < 4.78 is 0. The third kappa shape index (κ3) is 5.19. The maximum atomic E-state index is 4.01. The van der Waals surface area contributed by atoms with Crippen LogP contribution in [0, 0.1) is 0 Å². The van der Waals surface area contributed by atoms with Crippen LogP contribution in [0.4, 0.5) is 0 Å². The largest absolute Gasteiger partial charge is 0.313 e. The maximum Gasteiger partial charge on any atom is 0.0270 e. The van der Waals surface area contributed by atoms with Gasteiger partial charge in [0, 0.05) is 24.2 Å². The number of rotatable bonds is 7. The summed E-state index contributed by atoms with van der Waals surface area (Å²) in [5.41, 5.74) is 1.36. The van der Waals surface area contributed by atoms with Gasteiger partial charge in [0.15, 0.2) is 0 Å². The van der Waals surface area contributed by atoms with Crippen molar-refractivity contribution in [2.45, 2.75) is 25.8 Å². The molecule has 0 fully saturated rings. The minimum Gasteiger partial charge on any atom is -0.313 e. The first kappa shape index (κ1) is 12.5. The van der Waals surface area contributed by atoms with Crippen molar-refractivity contribution < 1.29 is 0 Å². The average molecular weight is 224 g/mol. The van der Waals surface area contributed by atoms with Gasteiger partial charge >= 0.3 is 0 Å².